The first-order valence-electron chi connectivity index (χ1n) is 9.45. The molecule has 0 atom stereocenters. The number of carbonyl (C=O) groups excluding carboxylic acids is 2. The molecule has 3 N–H and O–H groups in total. The van der Waals surface area contributed by atoms with Gasteiger partial charge in [-0.1, -0.05) is 45.9 Å². The van der Waals surface area contributed by atoms with E-state index < -0.39 is 23.0 Å². The lowest BCUT2D eigenvalue weighted by Gasteiger charge is -2.18. The van der Waals surface area contributed by atoms with Gasteiger partial charge in [-0.15, -0.1) is 0 Å². The van der Waals surface area contributed by atoms with Crippen molar-refractivity contribution >= 4 is 12.1 Å². The van der Waals surface area contributed by atoms with Crippen LogP contribution in [0.5, 0.6) is 17.2 Å². The second kappa shape index (κ2) is 8.46. The van der Waals surface area contributed by atoms with Crippen LogP contribution in [0.15, 0.2) is 18.2 Å². The van der Waals surface area contributed by atoms with Gasteiger partial charge in [-0.05, 0) is 35.4 Å². The predicted octanol–water partition coefficient (Wildman–Crippen LogP) is 4.87. The van der Waals surface area contributed by atoms with E-state index in [0.717, 1.165) is 16.7 Å². The Morgan fingerprint density at radius 3 is 2.21 bits per heavy atom. The highest BCUT2D eigenvalue weighted by Gasteiger charge is 2.28. The van der Waals surface area contributed by atoms with Crippen LogP contribution in [0, 0.1) is 12.8 Å². The number of hydrogen-bond acceptors (Lipinski definition) is 5. The third-order valence-corrected chi connectivity index (χ3v) is 4.95. The van der Waals surface area contributed by atoms with Gasteiger partial charge in [-0.25, -0.2) is 0 Å². The molecule has 0 saturated carbocycles. The number of ketones is 1. The van der Waals surface area contributed by atoms with Gasteiger partial charge in [0.1, 0.15) is 22.8 Å². The first-order chi connectivity index (χ1) is 13.1. The number of aryl methyl sites for hydroxylation is 1. The van der Waals surface area contributed by atoms with Gasteiger partial charge in [0.15, 0.2) is 12.1 Å². The second-order valence-electron chi connectivity index (χ2n) is 7.97. The van der Waals surface area contributed by atoms with Gasteiger partial charge in [0.25, 0.3) is 0 Å². The Labute approximate surface area is 165 Å². The molecule has 0 aromatic heterocycles. The largest absolute Gasteiger partial charge is 0.507 e. The summed E-state index contributed by atoms with van der Waals surface area (Å²) in [6.45, 7) is 9.73. The average molecular weight is 384 g/mol. The monoisotopic (exact) mass is 384 g/mol. The normalized spacial score (nSPS) is 11.2. The number of Topliss-reactive ketones (excluding diaryl/α,β-unsaturated/α-hetero) is 1. The van der Waals surface area contributed by atoms with E-state index in [9.17, 15) is 24.9 Å². The van der Waals surface area contributed by atoms with Crippen molar-refractivity contribution in [3.05, 3.63) is 51.6 Å². The van der Waals surface area contributed by atoms with Gasteiger partial charge in [-0.2, -0.15) is 0 Å². The Morgan fingerprint density at radius 2 is 1.68 bits per heavy atom. The van der Waals surface area contributed by atoms with Crippen LogP contribution in [0.1, 0.15) is 83.0 Å². The average Bonchev–Trinajstić information content (AvgIpc) is 2.59. The van der Waals surface area contributed by atoms with Crippen LogP contribution in [0.3, 0.4) is 0 Å². The first kappa shape index (κ1) is 21.5. The molecule has 2 aromatic rings. The predicted molar refractivity (Wildman–Crippen MR) is 109 cm³/mol. The fourth-order valence-corrected chi connectivity index (χ4v) is 3.23. The summed E-state index contributed by atoms with van der Waals surface area (Å²) >= 11 is 0. The quantitative estimate of drug-likeness (QED) is 0.468. The van der Waals surface area contributed by atoms with E-state index in [1.165, 1.54) is 0 Å². The topological polar surface area (TPSA) is 94.8 Å². The molecule has 0 aliphatic heterocycles. The van der Waals surface area contributed by atoms with E-state index in [2.05, 4.69) is 13.8 Å². The molecule has 2 rings (SSSR count). The van der Waals surface area contributed by atoms with Crippen molar-refractivity contribution in [2.24, 2.45) is 5.92 Å². The lowest BCUT2D eigenvalue weighted by molar-refractivity contribution is 0.0962. The Hall–Kier alpha value is -2.82. The highest BCUT2D eigenvalue weighted by molar-refractivity contribution is 6.05. The lowest BCUT2D eigenvalue weighted by atomic mass is 9.89. The third-order valence-electron chi connectivity index (χ3n) is 4.95. The summed E-state index contributed by atoms with van der Waals surface area (Å²) in [5, 5.41) is 31.6. The van der Waals surface area contributed by atoms with Gasteiger partial charge in [-0.3, -0.25) is 9.59 Å². The number of aromatic hydroxyl groups is 3. The zero-order chi connectivity index (χ0) is 21.2. The van der Waals surface area contributed by atoms with E-state index in [4.69, 9.17) is 0 Å². The van der Waals surface area contributed by atoms with Crippen molar-refractivity contribution in [2.75, 3.05) is 0 Å². The maximum atomic E-state index is 12.6. The minimum atomic E-state index is -0.674. The van der Waals surface area contributed by atoms with E-state index in [-0.39, 0.29) is 35.4 Å². The Morgan fingerprint density at radius 1 is 1.04 bits per heavy atom. The summed E-state index contributed by atoms with van der Waals surface area (Å²) in [4.78, 5) is 24.0. The van der Waals surface area contributed by atoms with Crippen LogP contribution in [-0.2, 0) is 6.42 Å². The SMILES string of the molecule is Cc1ccc(C(C)C)cc1Cc1c(O)c(C=O)c(O)c(C(=O)CC(C)C)c1O. The van der Waals surface area contributed by atoms with Crippen molar-refractivity contribution in [1.29, 1.82) is 0 Å². The summed E-state index contributed by atoms with van der Waals surface area (Å²) in [6.07, 6.45) is 0.537. The molecule has 5 heteroatoms. The molecule has 0 heterocycles. The van der Waals surface area contributed by atoms with Gasteiger partial charge < -0.3 is 15.3 Å². The van der Waals surface area contributed by atoms with Gasteiger partial charge >= 0.3 is 0 Å². The van der Waals surface area contributed by atoms with Crippen LogP contribution in [0.2, 0.25) is 0 Å². The van der Waals surface area contributed by atoms with Crippen molar-refractivity contribution < 1.29 is 24.9 Å². The molecule has 0 unspecified atom stereocenters. The molecular weight excluding hydrogens is 356 g/mol. The highest BCUT2D eigenvalue weighted by Crippen LogP contribution is 2.43. The Bertz CT molecular complexity index is 910. The van der Waals surface area contributed by atoms with Crippen molar-refractivity contribution in [3.63, 3.8) is 0 Å². The van der Waals surface area contributed by atoms with Gasteiger partial charge in [0.2, 0.25) is 0 Å². The molecular formula is C23H28O5. The molecule has 0 aliphatic rings. The summed E-state index contributed by atoms with van der Waals surface area (Å²) in [7, 11) is 0. The maximum absolute atomic E-state index is 12.6. The van der Waals surface area contributed by atoms with Crippen LogP contribution in [-0.4, -0.2) is 27.4 Å². The molecule has 0 amide bonds. The highest BCUT2D eigenvalue weighted by atomic mass is 16.3. The van der Waals surface area contributed by atoms with Gasteiger partial charge in [0, 0.05) is 18.4 Å². The van der Waals surface area contributed by atoms with Crippen LogP contribution in [0.4, 0.5) is 0 Å². The minimum absolute atomic E-state index is 0.00759. The lowest BCUT2D eigenvalue weighted by Crippen LogP contribution is -2.08. The molecule has 0 radical (unpaired) electrons. The fraction of sp³-hybridized carbons (Fsp3) is 0.391. The Balaban J connectivity index is 2.66. The smallest absolute Gasteiger partial charge is 0.170 e. The van der Waals surface area contributed by atoms with Crippen molar-refractivity contribution in [3.8, 4) is 17.2 Å². The van der Waals surface area contributed by atoms with Crippen LogP contribution in [0.25, 0.3) is 0 Å². The number of rotatable bonds is 7. The van der Waals surface area contributed by atoms with Crippen molar-refractivity contribution in [2.45, 2.75) is 53.4 Å². The molecule has 150 valence electrons. The number of phenols is 3. The molecule has 0 spiro atoms. The number of aldehydes is 1. The molecule has 0 saturated heterocycles. The van der Waals surface area contributed by atoms with Crippen molar-refractivity contribution in [1.82, 2.24) is 0 Å². The molecule has 0 bridgehead atoms. The summed E-state index contributed by atoms with van der Waals surface area (Å²) in [5.41, 5.74) is 2.31. The first-order valence-corrected chi connectivity index (χ1v) is 9.45. The maximum Gasteiger partial charge on any atom is 0.170 e. The van der Waals surface area contributed by atoms with Gasteiger partial charge in [0.05, 0.1) is 5.56 Å². The second-order valence-corrected chi connectivity index (χ2v) is 7.97. The molecule has 0 fully saturated rings. The fourth-order valence-electron chi connectivity index (χ4n) is 3.23. The molecule has 28 heavy (non-hydrogen) atoms. The summed E-state index contributed by atoms with van der Waals surface area (Å²) in [6, 6.07) is 5.97. The van der Waals surface area contributed by atoms with Crippen LogP contribution >= 0.6 is 0 Å². The zero-order valence-electron chi connectivity index (χ0n) is 17.0. The number of phenolic OH excluding ortho intramolecular Hbond substituents is 3. The summed E-state index contributed by atoms with van der Waals surface area (Å²) in [5.74, 6) is -1.81. The molecule has 2 aromatic carbocycles. The van der Waals surface area contributed by atoms with Crippen LogP contribution < -0.4 is 0 Å². The van der Waals surface area contributed by atoms with E-state index in [1.807, 2.05) is 39.0 Å². The Kier molecular flexibility index (Phi) is 6.49. The number of carbonyl (C=O) groups is 2. The standard InChI is InChI=1S/C23H28O5/c1-12(2)8-19(25)20-22(27)17(21(26)18(11-24)23(20)28)10-16-9-15(13(3)4)7-6-14(16)5/h6-7,9,11-13,26-28H,8,10H2,1-5H3. The zero-order valence-corrected chi connectivity index (χ0v) is 17.0. The molecule has 0 aliphatic carbocycles. The minimum Gasteiger partial charge on any atom is -0.507 e. The van der Waals surface area contributed by atoms with E-state index >= 15 is 0 Å². The van der Waals surface area contributed by atoms with E-state index in [0.29, 0.717) is 12.2 Å². The number of hydrogen-bond donors (Lipinski definition) is 3. The molecule has 5 nitrogen and oxygen atoms in total. The van der Waals surface area contributed by atoms with E-state index in [1.54, 1.807) is 0 Å². The number of benzene rings is 2. The summed E-state index contributed by atoms with van der Waals surface area (Å²) < 4.78 is 0. The third kappa shape index (κ3) is 4.19.